The first kappa shape index (κ1) is 13.5. The molecule has 0 amide bonds. The van der Waals surface area contributed by atoms with Crippen molar-refractivity contribution in [3.05, 3.63) is 24.3 Å². The van der Waals surface area contributed by atoms with Gasteiger partial charge in [0.05, 0.1) is 5.69 Å². The van der Waals surface area contributed by atoms with E-state index in [1.807, 2.05) is 0 Å². The van der Waals surface area contributed by atoms with Crippen LogP contribution in [0.15, 0.2) is 29.2 Å². The van der Waals surface area contributed by atoms with Crippen LogP contribution < -0.4 is 5.73 Å². The second-order valence-electron chi connectivity index (χ2n) is 2.22. The predicted molar refractivity (Wildman–Crippen MR) is 50.4 cm³/mol. The fraction of sp³-hybridized carbons (Fsp3) is 0. The van der Waals surface area contributed by atoms with Crippen molar-refractivity contribution < 1.29 is 25.6 Å². The lowest BCUT2D eigenvalue weighted by Crippen LogP contribution is -2.01. The largest absolute Gasteiger partial charge is 0.425 e. The summed E-state index contributed by atoms with van der Waals surface area (Å²) in [4.78, 5) is -0.250. The molecule has 0 saturated carbocycles. The molecule has 0 atom stereocenters. The third-order valence-corrected chi connectivity index (χ3v) is 2.12. The summed E-state index contributed by atoms with van der Waals surface area (Å²) >= 11 is 0. The number of rotatable bonds is 1. The Bertz CT molecular complexity index is 525. The van der Waals surface area contributed by atoms with E-state index in [-0.39, 0.29) is 10.6 Å². The van der Waals surface area contributed by atoms with Crippen LogP contribution in [0.3, 0.4) is 0 Å². The second kappa shape index (κ2) is 5.44. The van der Waals surface area contributed by atoms with E-state index in [9.17, 15) is 8.42 Å². The first-order chi connectivity index (χ1) is 6.75. The minimum absolute atomic E-state index is 0.0509. The van der Waals surface area contributed by atoms with Gasteiger partial charge in [-0.3, -0.25) is 4.55 Å². The maximum Gasteiger partial charge on any atom is 0.425 e. The lowest BCUT2D eigenvalue weighted by molar-refractivity contribution is 0.483. The summed E-state index contributed by atoms with van der Waals surface area (Å²) in [5, 5.41) is 0. The Kier molecular flexibility index (Phi) is 4.91. The van der Waals surface area contributed by atoms with Crippen LogP contribution in [0, 0.1) is 0 Å². The Morgan fingerprint density at radius 3 is 1.80 bits per heavy atom. The Morgan fingerprint density at radius 2 is 1.53 bits per heavy atom. The van der Waals surface area contributed by atoms with Crippen LogP contribution in [0.25, 0.3) is 0 Å². The highest BCUT2D eigenvalue weighted by atomic mass is 32.2. The quantitative estimate of drug-likeness (QED) is 0.509. The molecule has 0 unspecified atom stereocenters. The van der Waals surface area contributed by atoms with Crippen molar-refractivity contribution in [2.75, 3.05) is 5.73 Å². The standard InChI is InChI=1S/C6H7NO3S.O3S/c7-5-3-1-2-4-6(5)11(8,9)10;1-4(2)3/h1-4H,7H2,(H,8,9,10);. The molecule has 15 heavy (non-hydrogen) atoms. The van der Waals surface area contributed by atoms with E-state index in [4.69, 9.17) is 22.9 Å². The molecule has 3 N–H and O–H groups in total. The molecule has 0 spiro atoms. The van der Waals surface area contributed by atoms with Gasteiger partial charge in [0.15, 0.2) is 0 Å². The highest BCUT2D eigenvalue weighted by Crippen LogP contribution is 2.15. The van der Waals surface area contributed by atoms with Gasteiger partial charge in [-0.15, -0.1) is 12.6 Å². The summed E-state index contributed by atoms with van der Waals surface area (Å²) in [5.74, 6) is 0. The smallest absolute Gasteiger partial charge is 0.398 e. The number of hydrogen-bond donors (Lipinski definition) is 2. The Morgan fingerprint density at radius 1 is 1.13 bits per heavy atom. The molecule has 0 aromatic heterocycles. The summed E-state index contributed by atoms with van der Waals surface area (Å²) < 4.78 is 55.0. The van der Waals surface area contributed by atoms with Crippen molar-refractivity contribution in [3.63, 3.8) is 0 Å². The average molecular weight is 253 g/mol. The average Bonchev–Trinajstić information content (AvgIpc) is 2.01. The molecule has 1 aromatic carbocycles. The molecule has 0 saturated heterocycles. The number of anilines is 1. The third kappa shape index (κ3) is 5.78. The first-order valence-electron chi connectivity index (χ1n) is 3.34. The van der Waals surface area contributed by atoms with Crippen molar-refractivity contribution >= 4 is 26.4 Å². The number of para-hydroxylation sites is 1. The van der Waals surface area contributed by atoms with Crippen molar-refractivity contribution in [2.24, 2.45) is 0 Å². The van der Waals surface area contributed by atoms with Crippen molar-refractivity contribution in [3.8, 4) is 0 Å². The van der Waals surface area contributed by atoms with E-state index >= 15 is 0 Å². The number of nitrogens with two attached hydrogens (primary N) is 1. The molecular weight excluding hydrogens is 246 g/mol. The zero-order chi connectivity index (χ0) is 12.1. The van der Waals surface area contributed by atoms with E-state index < -0.39 is 20.7 Å². The van der Waals surface area contributed by atoms with Gasteiger partial charge in [-0.2, -0.15) is 8.42 Å². The van der Waals surface area contributed by atoms with Crippen LogP contribution >= 0.6 is 0 Å². The van der Waals surface area contributed by atoms with Crippen LogP contribution in [0.1, 0.15) is 0 Å². The van der Waals surface area contributed by atoms with Crippen LogP contribution in [0.2, 0.25) is 0 Å². The van der Waals surface area contributed by atoms with Crippen LogP contribution in [0.4, 0.5) is 5.69 Å². The third-order valence-electron chi connectivity index (χ3n) is 1.20. The van der Waals surface area contributed by atoms with Gasteiger partial charge in [0.25, 0.3) is 10.1 Å². The van der Waals surface area contributed by atoms with Gasteiger partial charge in [0, 0.05) is 0 Å². The van der Waals surface area contributed by atoms with Gasteiger partial charge in [-0.1, -0.05) is 12.1 Å². The van der Waals surface area contributed by atoms with E-state index in [0.717, 1.165) is 0 Å². The van der Waals surface area contributed by atoms with Gasteiger partial charge in [0.1, 0.15) is 4.90 Å². The molecule has 0 radical (unpaired) electrons. The number of nitrogen functional groups attached to an aromatic ring is 1. The predicted octanol–water partition coefficient (Wildman–Crippen LogP) is -0.489. The lowest BCUT2D eigenvalue weighted by atomic mass is 10.3. The van der Waals surface area contributed by atoms with Gasteiger partial charge in [-0.05, 0) is 12.1 Å². The Hall–Kier alpha value is -1.45. The molecule has 9 heteroatoms. The summed E-state index contributed by atoms with van der Waals surface area (Å²) in [7, 11) is -7.27. The normalized spacial score (nSPS) is 9.93. The minimum atomic E-state index is -4.16. The maximum absolute atomic E-state index is 10.5. The maximum atomic E-state index is 10.5. The highest BCUT2D eigenvalue weighted by Gasteiger charge is 2.11. The molecule has 0 bridgehead atoms. The van der Waals surface area contributed by atoms with Gasteiger partial charge >= 0.3 is 10.6 Å². The summed E-state index contributed by atoms with van der Waals surface area (Å²) in [6.07, 6.45) is 0. The van der Waals surface area contributed by atoms with E-state index in [2.05, 4.69) is 0 Å². The van der Waals surface area contributed by atoms with Crippen molar-refractivity contribution in [1.82, 2.24) is 0 Å². The Labute approximate surface area is 87.3 Å². The molecule has 0 fully saturated rings. The van der Waals surface area contributed by atoms with Gasteiger partial charge in [0.2, 0.25) is 0 Å². The molecule has 0 aliphatic heterocycles. The molecule has 7 nitrogen and oxygen atoms in total. The summed E-state index contributed by atoms with van der Waals surface area (Å²) in [5.41, 5.74) is 5.32. The minimum Gasteiger partial charge on any atom is -0.398 e. The fourth-order valence-corrected chi connectivity index (χ4v) is 1.33. The summed E-state index contributed by atoms with van der Waals surface area (Å²) in [6.45, 7) is 0. The van der Waals surface area contributed by atoms with Crippen LogP contribution in [0.5, 0.6) is 0 Å². The topological polar surface area (TPSA) is 132 Å². The SMILES string of the molecule is Nc1ccccc1S(=O)(=O)O.O=S(=O)=O. The van der Waals surface area contributed by atoms with E-state index in [0.29, 0.717) is 0 Å². The highest BCUT2D eigenvalue weighted by molar-refractivity contribution is 7.86. The molecule has 0 heterocycles. The zero-order valence-electron chi connectivity index (χ0n) is 7.19. The summed E-state index contributed by atoms with van der Waals surface area (Å²) in [6, 6.07) is 5.72. The zero-order valence-corrected chi connectivity index (χ0v) is 8.82. The van der Waals surface area contributed by atoms with Crippen LogP contribution in [-0.2, 0) is 20.7 Å². The first-order valence-corrected chi connectivity index (χ1v) is 5.78. The van der Waals surface area contributed by atoms with Crippen molar-refractivity contribution in [1.29, 1.82) is 0 Å². The van der Waals surface area contributed by atoms with E-state index in [1.165, 1.54) is 18.2 Å². The number of benzene rings is 1. The fourth-order valence-electron chi connectivity index (χ4n) is 0.715. The van der Waals surface area contributed by atoms with E-state index in [1.54, 1.807) is 6.07 Å². The number of hydrogen-bond acceptors (Lipinski definition) is 6. The second-order valence-corrected chi connectivity index (χ2v) is 4.02. The van der Waals surface area contributed by atoms with Gasteiger partial charge < -0.3 is 5.73 Å². The Balaban J connectivity index is 0.000000423. The van der Waals surface area contributed by atoms with Crippen molar-refractivity contribution in [2.45, 2.75) is 4.90 Å². The molecular formula is C6H7NO6S2. The molecule has 1 aromatic rings. The molecule has 1 rings (SSSR count). The van der Waals surface area contributed by atoms with Gasteiger partial charge in [-0.25, -0.2) is 0 Å². The molecule has 0 aliphatic rings. The molecule has 0 aliphatic carbocycles. The molecule has 84 valence electrons. The van der Waals surface area contributed by atoms with Crippen LogP contribution in [-0.4, -0.2) is 25.6 Å². The lowest BCUT2D eigenvalue weighted by Gasteiger charge is -1.98. The monoisotopic (exact) mass is 253 g/mol.